The number of hydrogen-bond donors (Lipinski definition) is 0. The van der Waals surface area contributed by atoms with E-state index < -0.39 is 0 Å². The lowest BCUT2D eigenvalue weighted by atomic mass is 9.92. The van der Waals surface area contributed by atoms with Crippen LogP contribution in [-0.4, -0.2) is 15.0 Å². The minimum Gasteiger partial charge on any atom is -0.208 e. The second-order valence-corrected chi connectivity index (χ2v) is 17.9. The average Bonchev–Trinajstić information content (AvgIpc) is 3.77. The quantitative estimate of drug-likeness (QED) is 0.152. The fourth-order valence-corrected chi connectivity index (χ4v) is 10.1. The first-order valence-corrected chi connectivity index (χ1v) is 23.5. The Morgan fingerprint density at radius 1 is 0.243 bits per heavy atom. The van der Waals surface area contributed by atoms with Crippen LogP contribution in [0.3, 0.4) is 0 Å². The average molecular weight is 889 g/mol. The molecule has 0 radical (unpaired) electrons. The third-order valence-electron chi connectivity index (χ3n) is 13.6. The van der Waals surface area contributed by atoms with Crippen LogP contribution >= 0.6 is 0 Å². The van der Waals surface area contributed by atoms with E-state index in [2.05, 4.69) is 206 Å². The van der Waals surface area contributed by atoms with Crippen molar-refractivity contribution in [3.63, 3.8) is 0 Å². The molecule has 1 aliphatic carbocycles. The van der Waals surface area contributed by atoms with Crippen LogP contribution in [0.1, 0.15) is 5.56 Å². The summed E-state index contributed by atoms with van der Waals surface area (Å²) >= 11 is 0. The molecule has 0 amide bonds. The second kappa shape index (κ2) is 16.9. The fraction of sp³-hybridized carbons (Fsp3) is 0. The lowest BCUT2D eigenvalue weighted by Crippen LogP contribution is -2.00. The van der Waals surface area contributed by atoms with Crippen molar-refractivity contribution in [2.45, 2.75) is 0 Å². The molecule has 70 heavy (non-hydrogen) atoms. The van der Waals surface area contributed by atoms with E-state index in [-0.39, 0.29) is 0 Å². The summed E-state index contributed by atoms with van der Waals surface area (Å²) in [4.78, 5) is 15.3. The first-order valence-electron chi connectivity index (χ1n) is 23.5. The topological polar surface area (TPSA) is 62.5 Å². The second-order valence-electron chi connectivity index (χ2n) is 17.9. The molecule has 1 heterocycles. The van der Waals surface area contributed by atoms with Crippen molar-refractivity contribution in [3.8, 4) is 118 Å². The number of nitrogens with zero attached hydrogens (tertiary/aromatic N) is 4. The molecular weight excluding hydrogens is 849 g/mol. The van der Waals surface area contributed by atoms with Gasteiger partial charge >= 0.3 is 0 Å². The molecule has 0 N–H and O–H groups in total. The smallest absolute Gasteiger partial charge is 0.164 e. The van der Waals surface area contributed by atoms with Crippen LogP contribution in [0.2, 0.25) is 0 Å². The van der Waals surface area contributed by atoms with E-state index in [1.807, 2.05) is 42.5 Å². The Morgan fingerprint density at radius 3 is 1.23 bits per heavy atom. The Hall–Kier alpha value is -9.56. The zero-order chi connectivity index (χ0) is 46.5. The largest absolute Gasteiger partial charge is 0.208 e. The lowest BCUT2D eigenvalue weighted by molar-refractivity contribution is 1.07. The Kier molecular flexibility index (Phi) is 9.85. The molecule has 0 unspecified atom stereocenters. The zero-order valence-corrected chi connectivity index (χ0v) is 37.9. The monoisotopic (exact) mass is 888 g/mol. The molecular formula is C66H40N4. The number of benzene rings is 11. The zero-order valence-electron chi connectivity index (χ0n) is 37.9. The van der Waals surface area contributed by atoms with Crippen molar-refractivity contribution in [2.75, 3.05) is 0 Å². The number of hydrogen-bond acceptors (Lipinski definition) is 4. The maximum atomic E-state index is 10.3. The highest BCUT2D eigenvalue weighted by molar-refractivity contribution is 6.15. The molecule has 0 spiro atoms. The molecule has 0 fully saturated rings. The van der Waals surface area contributed by atoms with Crippen molar-refractivity contribution in [3.05, 3.63) is 248 Å². The van der Waals surface area contributed by atoms with Gasteiger partial charge in [-0.05, 0) is 154 Å². The Morgan fingerprint density at radius 2 is 0.643 bits per heavy atom. The van der Waals surface area contributed by atoms with Gasteiger partial charge in [0.15, 0.2) is 17.5 Å². The van der Waals surface area contributed by atoms with E-state index >= 15 is 0 Å². The number of aromatic nitrogens is 3. The highest BCUT2D eigenvalue weighted by atomic mass is 15.0. The van der Waals surface area contributed by atoms with Gasteiger partial charge in [0.2, 0.25) is 0 Å². The van der Waals surface area contributed by atoms with Gasteiger partial charge in [-0.25, -0.2) is 15.0 Å². The van der Waals surface area contributed by atoms with Gasteiger partial charge in [0.25, 0.3) is 0 Å². The molecule has 0 bridgehead atoms. The van der Waals surface area contributed by atoms with E-state index in [0.29, 0.717) is 23.0 Å². The van der Waals surface area contributed by atoms with Crippen molar-refractivity contribution in [2.24, 2.45) is 0 Å². The van der Waals surface area contributed by atoms with Gasteiger partial charge in [0, 0.05) is 16.7 Å². The van der Waals surface area contributed by atoms with E-state index in [1.165, 1.54) is 43.8 Å². The highest BCUT2D eigenvalue weighted by Crippen LogP contribution is 2.48. The van der Waals surface area contributed by atoms with Gasteiger partial charge in [-0.2, -0.15) is 5.26 Å². The van der Waals surface area contributed by atoms with Crippen molar-refractivity contribution < 1.29 is 0 Å². The fourth-order valence-electron chi connectivity index (χ4n) is 10.1. The van der Waals surface area contributed by atoms with Crippen molar-refractivity contribution in [1.29, 1.82) is 5.26 Å². The Bertz CT molecular complexity index is 4080. The van der Waals surface area contributed by atoms with Gasteiger partial charge in [0.05, 0.1) is 11.6 Å². The third kappa shape index (κ3) is 7.40. The standard InChI is InChI=1S/C66H40N4/c67-41-42-32-57(39-58(33-42)52-23-7-19-48(36-52)54-30-31-59-60-26-10-16-44-17-11-27-61(63(44)60)62(59)40-54)51-22-6-18-47(35-51)49-20-8-24-55(37-49)65-68-64(45-13-2-1-3-14-45)69-66(70-65)56-25-9-21-50(38-56)53-29-28-43-12-4-5-15-46(43)34-53/h1-40H. The van der Waals surface area contributed by atoms with Crippen LogP contribution in [0.15, 0.2) is 243 Å². The summed E-state index contributed by atoms with van der Waals surface area (Å²) in [5, 5.41) is 15.3. The van der Waals surface area contributed by atoms with E-state index in [9.17, 15) is 5.26 Å². The molecule has 1 aliphatic rings. The van der Waals surface area contributed by atoms with Crippen LogP contribution in [0.5, 0.6) is 0 Å². The molecule has 324 valence electrons. The predicted octanol–water partition coefficient (Wildman–Crippen LogP) is 17.0. The lowest BCUT2D eigenvalue weighted by Gasteiger charge is -2.12. The molecule has 4 nitrogen and oxygen atoms in total. The first kappa shape index (κ1) is 40.7. The Balaban J connectivity index is 0.834. The summed E-state index contributed by atoms with van der Waals surface area (Å²) in [6, 6.07) is 87.7. The van der Waals surface area contributed by atoms with Gasteiger partial charge in [-0.3, -0.25) is 0 Å². The molecule has 4 heteroatoms. The van der Waals surface area contributed by atoms with Crippen LogP contribution in [0, 0.1) is 11.3 Å². The molecule has 13 rings (SSSR count). The summed E-state index contributed by atoms with van der Waals surface area (Å²) in [7, 11) is 0. The highest BCUT2D eigenvalue weighted by Gasteiger charge is 2.22. The Labute approximate surface area is 406 Å². The van der Waals surface area contributed by atoms with Crippen LogP contribution in [0.25, 0.3) is 134 Å². The maximum absolute atomic E-state index is 10.3. The maximum Gasteiger partial charge on any atom is 0.164 e. The molecule has 11 aromatic carbocycles. The van der Waals surface area contributed by atoms with Gasteiger partial charge in [-0.1, -0.05) is 188 Å². The summed E-state index contributed by atoms with van der Waals surface area (Å²) in [6.07, 6.45) is 0. The van der Waals surface area contributed by atoms with Crippen LogP contribution in [0.4, 0.5) is 0 Å². The third-order valence-corrected chi connectivity index (χ3v) is 13.6. The SMILES string of the molecule is N#Cc1cc(-c2cccc(-c3cccc(-c4nc(-c5ccccc5)nc(-c5cccc(-c6ccc7ccccc7c6)c5)n4)c3)c2)cc(-c2cccc(-c3ccc4c(c3)-c3cccc5cccc-4c35)c2)c1. The minimum atomic E-state index is 0.592. The van der Waals surface area contributed by atoms with E-state index in [4.69, 9.17) is 15.0 Å². The number of rotatable bonds is 8. The molecule has 0 aliphatic heterocycles. The number of nitriles is 1. The van der Waals surface area contributed by atoms with Crippen molar-refractivity contribution >= 4 is 21.5 Å². The van der Waals surface area contributed by atoms with Gasteiger partial charge < -0.3 is 0 Å². The van der Waals surface area contributed by atoms with Crippen LogP contribution < -0.4 is 0 Å². The summed E-state index contributed by atoms with van der Waals surface area (Å²) in [5.74, 6) is 1.81. The molecule has 1 aromatic heterocycles. The summed E-state index contributed by atoms with van der Waals surface area (Å²) in [5.41, 5.74) is 19.1. The van der Waals surface area contributed by atoms with Gasteiger partial charge in [0.1, 0.15) is 0 Å². The normalized spacial score (nSPS) is 11.4. The first-order chi connectivity index (χ1) is 34.6. The summed E-state index contributed by atoms with van der Waals surface area (Å²) in [6.45, 7) is 0. The predicted molar refractivity (Wildman–Crippen MR) is 287 cm³/mol. The van der Waals surface area contributed by atoms with Crippen molar-refractivity contribution in [1.82, 2.24) is 15.0 Å². The van der Waals surface area contributed by atoms with E-state index in [0.717, 1.165) is 72.3 Å². The van der Waals surface area contributed by atoms with Crippen LogP contribution in [-0.2, 0) is 0 Å². The molecule has 0 saturated heterocycles. The number of fused-ring (bicyclic) bond motifs is 4. The van der Waals surface area contributed by atoms with E-state index in [1.54, 1.807) is 0 Å². The minimum absolute atomic E-state index is 0.592. The van der Waals surface area contributed by atoms with Gasteiger partial charge in [-0.15, -0.1) is 0 Å². The molecule has 12 aromatic rings. The molecule has 0 atom stereocenters. The summed E-state index contributed by atoms with van der Waals surface area (Å²) < 4.78 is 0. The molecule has 0 saturated carbocycles.